The molecule has 3 rings (SSSR count). The van der Waals surface area contributed by atoms with Crippen molar-refractivity contribution in [2.24, 2.45) is 0 Å². The van der Waals surface area contributed by atoms with Crippen LogP contribution in [-0.2, 0) is 14.3 Å². The summed E-state index contributed by atoms with van der Waals surface area (Å²) in [5, 5.41) is 21.5. The van der Waals surface area contributed by atoms with Gasteiger partial charge in [0.2, 0.25) is 0 Å². The van der Waals surface area contributed by atoms with Gasteiger partial charge in [-0.3, -0.25) is 9.59 Å². The number of rotatable bonds is 7. The minimum absolute atomic E-state index is 0.000703. The molecule has 0 spiro atoms. The van der Waals surface area contributed by atoms with Crippen molar-refractivity contribution in [1.82, 2.24) is 4.90 Å². The maximum absolute atomic E-state index is 13.1. The highest BCUT2D eigenvalue weighted by Gasteiger charge is 2.46. The maximum Gasteiger partial charge on any atom is 0.295 e. The van der Waals surface area contributed by atoms with Crippen molar-refractivity contribution < 1.29 is 29.3 Å². The van der Waals surface area contributed by atoms with E-state index in [1.54, 1.807) is 25.3 Å². The normalized spacial score (nSPS) is 17.8. The van der Waals surface area contributed by atoms with Crippen molar-refractivity contribution in [1.29, 1.82) is 0 Å². The molecule has 170 valence electrons. The number of Topliss-reactive ketones (excluding diaryl/α,β-unsaturated/α-hetero) is 1. The van der Waals surface area contributed by atoms with Gasteiger partial charge in [0.15, 0.2) is 11.5 Å². The number of aliphatic hydroxyl groups is 1. The fraction of sp³-hybridized carbons (Fsp3) is 0.333. The average molecular weight is 504 g/mol. The number of hydrogen-bond acceptors (Lipinski definition) is 6. The number of aryl methyl sites for hydroxylation is 2. The third-order valence-electron chi connectivity index (χ3n) is 5.52. The van der Waals surface area contributed by atoms with E-state index in [0.29, 0.717) is 28.6 Å². The van der Waals surface area contributed by atoms with Crippen LogP contribution in [-0.4, -0.2) is 54.2 Å². The van der Waals surface area contributed by atoms with Crippen LogP contribution in [0.4, 0.5) is 0 Å². The minimum atomic E-state index is -0.849. The molecule has 7 nitrogen and oxygen atoms in total. The van der Waals surface area contributed by atoms with E-state index in [1.807, 2.05) is 26.0 Å². The molecule has 1 fully saturated rings. The van der Waals surface area contributed by atoms with E-state index in [2.05, 4.69) is 15.9 Å². The molecular formula is C24H26BrNO6. The quantitative estimate of drug-likeness (QED) is 0.254. The summed E-state index contributed by atoms with van der Waals surface area (Å²) in [7, 11) is 2.98. The molecule has 1 amide bonds. The van der Waals surface area contributed by atoms with Crippen LogP contribution in [0.2, 0.25) is 0 Å². The Hall–Kier alpha value is -2.84. The van der Waals surface area contributed by atoms with Crippen LogP contribution in [0.15, 0.2) is 40.4 Å². The number of nitrogens with zero attached hydrogens (tertiary/aromatic N) is 1. The summed E-state index contributed by atoms with van der Waals surface area (Å²) in [4.78, 5) is 27.5. The number of ether oxygens (including phenoxy) is 2. The predicted molar refractivity (Wildman–Crippen MR) is 124 cm³/mol. The number of aromatic hydroxyl groups is 1. The van der Waals surface area contributed by atoms with Gasteiger partial charge in [-0.15, -0.1) is 0 Å². The van der Waals surface area contributed by atoms with Gasteiger partial charge < -0.3 is 24.6 Å². The number of likely N-dealkylation sites (tertiary alicyclic amines) is 1. The molecule has 1 aliphatic rings. The fourth-order valence-electron chi connectivity index (χ4n) is 3.88. The van der Waals surface area contributed by atoms with Gasteiger partial charge in [-0.25, -0.2) is 0 Å². The first-order chi connectivity index (χ1) is 15.2. The maximum atomic E-state index is 13.1. The molecule has 2 aromatic rings. The number of hydrogen-bond donors (Lipinski definition) is 2. The molecule has 0 radical (unpaired) electrons. The van der Waals surface area contributed by atoms with Crippen molar-refractivity contribution in [3.05, 3.63) is 62.6 Å². The highest BCUT2D eigenvalue weighted by atomic mass is 79.9. The number of aliphatic hydroxyl groups excluding tert-OH is 1. The van der Waals surface area contributed by atoms with Crippen LogP contribution in [0.1, 0.15) is 34.7 Å². The number of carbonyl (C=O) groups is 2. The van der Waals surface area contributed by atoms with E-state index in [-0.39, 0.29) is 29.4 Å². The molecule has 8 heteroatoms. The summed E-state index contributed by atoms with van der Waals surface area (Å²) in [5.74, 6) is -1.59. The molecule has 2 N–H and O–H groups in total. The third kappa shape index (κ3) is 4.38. The monoisotopic (exact) mass is 503 g/mol. The summed E-state index contributed by atoms with van der Waals surface area (Å²) in [5.41, 5.74) is 2.71. The molecular weight excluding hydrogens is 478 g/mol. The Kier molecular flexibility index (Phi) is 7.26. The van der Waals surface area contributed by atoms with Crippen LogP contribution in [0, 0.1) is 13.8 Å². The number of amides is 1. The highest BCUT2D eigenvalue weighted by Crippen LogP contribution is 2.44. The Bertz CT molecular complexity index is 1090. The van der Waals surface area contributed by atoms with E-state index >= 15 is 0 Å². The van der Waals surface area contributed by atoms with Crippen LogP contribution in [0.5, 0.6) is 11.5 Å². The van der Waals surface area contributed by atoms with E-state index in [1.165, 1.54) is 12.0 Å². The van der Waals surface area contributed by atoms with Crippen LogP contribution in [0.3, 0.4) is 0 Å². The molecule has 1 atom stereocenters. The molecule has 0 bridgehead atoms. The number of benzene rings is 2. The second-order valence-corrected chi connectivity index (χ2v) is 8.57. The molecule has 1 saturated heterocycles. The Morgan fingerprint density at radius 1 is 1.16 bits per heavy atom. The molecule has 32 heavy (non-hydrogen) atoms. The van der Waals surface area contributed by atoms with Crippen molar-refractivity contribution in [2.75, 3.05) is 27.4 Å². The smallest absolute Gasteiger partial charge is 0.295 e. The first-order valence-electron chi connectivity index (χ1n) is 10.1. The summed E-state index contributed by atoms with van der Waals surface area (Å²) < 4.78 is 10.7. The number of phenols is 1. The molecule has 0 aliphatic carbocycles. The highest BCUT2D eigenvalue weighted by molar-refractivity contribution is 9.10. The number of methoxy groups -OCH3 is 2. The standard InChI is InChI=1S/C24H26BrNO6/c1-13-6-7-14(2)16(10-13)21(27)19-20(15-11-17(25)22(28)18(12-15)32-4)26(8-5-9-31-3)24(30)23(19)29/h6-7,10-12,20,27-28H,5,8-9H2,1-4H3/b21-19+. The lowest BCUT2D eigenvalue weighted by atomic mass is 9.93. The number of carbonyl (C=O) groups excluding carboxylic acids is 2. The lowest BCUT2D eigenvalue weighted by molar-refractivity contribution is -0.140. The van der Waals surface area contributed by atoms with Crippen molar-refractivity contribution in [3.8, 4) is 11.5 Å². The molecule has 1 heterocycles. The van der Waals surface area contributed by atoms with Gasteiger partial charge in [-0.1, -0.05) is 17.7 Å². The Balaban J connectivity index is 2.24. The fourth-order valence-corrected chi connectivity index (χ4v) is 4.34. The molecule has 0 saturated carbocycles. The van der Waals surface area contributed by atoms with E-state index in [9.17, 15) is 19.8 Å². The predicted octanol–water partition coefficient (Wildman–Crippen LogP) is 4.24. The zero-order valence-electron chi connectivity index (χ0n) is 18.4. The number of halogens is 1. The van der Waals surface area contributed by atoms with Crippen LogP contribution >= 0.6 is 15.9 Å². The topological polar surface area (TPSA) is 96.3 Å². The zero-order valence-corrected chi connectivity index (χ0v) is 20.0. The molecule has 1 unspecified atom stereocenters. The van der Waals surface area contributed by atoms with Crippen molar-refractivity contribution in [3.63, 3.8) is 0 Å². The SMILES string of the molecule is COCCCN1C(=O)C(=O)/C(=C(/O)c2cc(C)ccc2C)C1c1cc(Br)c(O)c(OC)c1. The number of ketones is 1. The number of phenolic OH excluding ortho intramolecular Hbond substituents is 1. The van der Waals surface area contributed by atoms with Gasteiger partial charge in [0, 0.05) is 25.8 Å². The van der Waals surface area contributed by atoms with Gasteiger partial charge in [-0.2, -0.15) is 0 Å². The first kappa shape index (κ1) is 23.8. The largest absolute Gasteiger partial charge is 0.507 e. The average Bonchev–Trinajstić information content (AvgIpc) is 3.02. The summed E-state index contributed by atoms with van der Waals surface area (Å²) >= 11 is 3.30. The lowest BCUT2D eigenvalue weighted by Gasteiger charge is -2.26. The van der Waals surface area contributed by atoms with Gasteiger partial charge in [-0.05, 0) is 65.5 Å². The second-order valence-electron chi connectivity index (χ2n) is 7.71. The van der Waals surface area contributed by atoms with Gasteiger partial charge in [0.25, 0.3) is 11.7 Å². The van der Waals surface area contributed by atoms with Crippen LogP contribution < -0.4 is 4.74 Å². The Morgan fingerprint density at radius 2 is 1.88 bits per heavy atom. The minimum Gasteiger partial charge on any atom is -0.507 e. The summed E-state index contributed by atoms with van der Waals surface area (Å²) in [6, 6.07) is 7.89. The van der Waals surface area contributed by atoms with Crippen molar-refractivity contribution in [2.45, 2.75) is 26.3 Å². The second kappa shape index (κ2) is 9.75. The van der Waals surface area contributed by atoms with E-state index in [4.69, 9.17) is 9.47 Å². The van der Waals surface area contributed by atoms with E-state index < -0.39 is 17.7 Å². The first-order valence-corrected chi connectivity index (χ1v) is 10.9. The van der Waals surface area contributed by atoms with Crippen LogP contribution in [0.25, 0.3) is 5.76 Å². The zero-order chi connectivity index (χ0) is 23.6. The third-order valence-corrected chi connectivity index (χ3v) is 6.13. The Morgan fingerprint density at radius 3 is 2.53 bits per heavy atom. The molecule has 0 aromatic heterocycles. The Labute approximate surface area is 195 Å². The summed E-state index contributed by atoms with van der Waals surface area (Å²) in [6.45, 7) is 4.39. The molecule has 1 aliphatic heterocycles. The van der Waals surface area contributed by atoms with Crippen molar-refractivity contribution >= 4 is 33.4 Å². The molecule has 2 aromatic carbocycles. The van der Waals surface area contributed by atoms with E-state index in [0.717, 1.165) is 11.1 Å². The lowest BCUT2D eigenvalue weighted by Crippen LogP contribution is -2.31. The van der Waals surface area contributed by atoms with Gasteiger partial charge in [0.05, 0.1) is 23.2 Å². The van der Waals surface area contributed by atoms with Gasteiger partial charge in [0.1, 0.15) is 5.76 Å². The van der Waals surface area contributed by atoms with Gasteiger partial charge >= 0.3 is 0 Å². The summed E-state index contributed by atoms with van der Waals surface area (Å²) in [6.07, 6.45) is 0.514.